The third-order valence-corrected chi connectivity index (χ3v) is 4.80. The fraction of sp³-hybridized carbons (Fsp3) is 0.562. The lowest BCUT2D eigenvalue weighted by Gasteiger charge is -2.28. The summed E-state index contributed by atoms with van der Waals surface area (Å²) in [5.74, 6) is -2.20. The summed E-state index contributed by atoms with van der Waals surface area (Å²) in [4.78, 5) is 16.7. The van der Waals surface area contributed by atoms with E-state index in [1.54, 1.807) is 4.90 Å². The average Bonchev–Trinajstić information content (AvgIpc) is 3.09. The van der Waals surface area contributed by atoms with Crippen molar-refractivity contribution in [1.29, 1.82) is 0 Å². The topological polar surface area (TPSA) is 23.6 Å². The van der Waals surface area contributed by atoms with Crippen LogP contribution >= 0.6 is 12.6 Å². The van der Waals surface area contributed by atoms with Gasteiger partial charge in [-0.25, -0.2) is 8.78 Å². The molecule has 1 atom stereocenters. The third kappa shape index (κ3) is 3.13. The monoisotopic (exact) mass is 326 g/mol. The van der Waals surface area contributed by atoms with Crippen molar-refractivity contribution in [2.75, 3.05) is 26.2 Å². The molecule has 2 saturated heterocycles. The van der Waals surface area contributed by atoms with E-state index in [9.17, 15) is 13.6 Å². The molecule has 0 aliphatic carbocycles. The molecule has 2 heterocycles. The second-order valence-electron chi connectivity index (χ2n) is 6.09. The Labute approximate surface area is 134 Å². The second-order valence-corrected chi connectivity index (χ2v) is 6.60. The van der Waals surface area contributed by atoms with Crippen molar-refractivity contribution in [2.24, 2.45) is 0 Å². The molecule has 2 fully saturated rings. The maximum absolute atomic E-state index is 14.0. The first-order valence-corrected chi connectivity index (χ1v) is 8.22. The third-order valence-electron chi connectivity index (χ3n) is 4.55. The SMILES string of the molecule is O=C(c1c(F)cc(S)cc1F)N1CCC[C@H]1CN1CCCC1. The second kappa shape index (κ2) is 6.54. The molecule has 0 unspecified atom stereocenters. The highest BCUT2D eigenvalue weighted by molar-refractivity contribution is 7.80. The zero-order chi connectivity index (χ0) is 15.7. The van der Waals surface area contributed by atoms with Crippen LogP contribution in [0.15, 0.2) is 17.0 Å². The molecule has 0 saturated carbocycles. The van der Waals surface area contributed by atoms with Gasteiger partial charge in [-0.2, -0.15) is 0 Å². The molecule has 3 nitrogen and oxygen atoms in total. The quantitative estimate of drug-likeness (QED) is 0.864. The number of hydrogen-bond acceptors (Lipinski definition) is 3. The van der Waals surface area contributed by atoms with Crippen molar-refractivity contribution < 1.29 is 13.6 Å². The molecule has 1 aromatic rings. The smallest absolute Gasteiger partial charge is 0.260 e. The van der Waals surface area contributed by atoms with Gasteiger partial charge in [0.05, 0.1) is 0 Å². The summed E-state index contributed by atoms with van der Waals surface area (Å²) in [7, 11) is 0. The molecule has 120 valence electrons. The van der Waals surface area contributed by atoms with E-state index in [0.29, 0.717) is 6.54 Å². The molecular formula is C16H20F2N2OS. The molecule has 1 amide bonds. The van der Waals surface area contributed by atoms with Gasteiger partial charge in [-0.15, -0.1) is 12.6 Å². The first-order chi connectivity index (χ1) is 10.6. The number of benzene rings is 1. The van der Waals surface area contributed by atoms with E-state index < -0.39 is 23.1 Å². The normalized spacial score (nSPS) is 22.5. The Hall–Kier alpha value is -1.14. The maximum Gasteiger partial charge on any atom is 0.260 e. The van der Waals surface area contributed by atoms with E-state index in [0.717, 1.165) is 44.6 Å². The number of nitrogens with zero attached hydrogens (tertiary/aromatic N) is 2. The molecule has 2 aliphatic heterocycles. The highest BCUT2D eigenvalue weighted by atomic mass is 32.1. The molecule has 0 spiro atoms. The predicted octanol–water partition coefficient (Wildman–Crippen LogP) is 2.95. The van der Waals surface area contributed by atoms with Gasteiger partial charge in [-0.3, -0.25) is 4.79 Å². The lowest BCUT2D eigenvalue weighted by molar-refractivity contribution is 0.0699. The van der Waals surface area contributed by atoms with Gasteiger partial charge in [0, 0.05) is 24.0 Å². The van der Waals surface area contributed by atoms with Gasteiger partial charge in [0.25, 0.3) is 5.91 Å². The van der Waals surface area contributed by atoms with Crippen LogP contribution in [0.1, 0.15) is 36.0 Å². The van der Waals surface area contributed by atoms with Crippen LogP contribution in [0.25, 0.3) is 0 Å². The molecule has 6 heteroatoms. The molecule has 22 heavy (non-hydrogen) atoms. The van der Waals surface area contributed by atoms with Crippen LogP contribution in [0.2, 0.25) is 0 Å². The number of thiol groups is 1. The summed E-state index contributed by atoms with van der Waals surface area (Å²) in [5.41, 5.74) is -0.453. The lowest BCUT2D eigenvalue weighted by Crippen LogP contribution is -2.43. The average molecular weight is 326 g/mol. The van der Waals surface area contributed by atoms with E-state index in [1.165, 1.54) is 12.8 Å². The standard InChI is InChI=1S/C16H20F2N2OS/c17-13-8-12(22)9-14(18)15(13)16(21)20-7-3-4-11(20)10-19-5-1-2-6-19/h8-9,11,22H,1-7,10H2/t11-/m0/s1. The number of rotatable bonds is 3. The fourth-order valence-corrected chi connectivity index (χ4v) is 3.69. The number of amides is 1. The first-order valence-electron chi connectivity index (χ1n) is 7.77. The van der Waals surface area contributed by atoms with Crippen LogP contribution in [0.4, 0.5) is 8.78 Å². The van der Waals surface area contributed by atoms with Crippen LogP contribution in [-0.4, -0.2) is 47.9 Å². The summed E-state index contributed by atoms with van der Waals surface area (Å²) in [5, 5.41) is 0. The number of halogens is 2. The number of carbonyl (C=O) groups excluding carboxylic acids is 1. The number of hydrogen-bond donors (Lipinski definition) is 1. The molecule has 0 radical (unpaired) electrons. The van der Waals surface area contributed by atoms with Crippen LogP contribution in [0.5, 0.6) is 0 Å². The predicted molar refractivity (Wildman–Crippen MR) is 83.3 cm³/mol. The van der Waals surface area contributed by atoms with Gasteiger partial charge < -0.3 is 9.80 Å². The lowest BCUT2D eigenvalue weighted by atomic mass is 10.1. The minimum absolute atomic E-state index is 0.0556. The molecule has 0 bridgehead atoms. The van der Waals surface area contributed by atoms with Gasteiger partial charge in [-0.1, -0.05) is 0 Å². The van der Waals surface area contributed by atoms with Crippen LogP contribution < -0.4 is 0 Å². The van der Waals surface area contributed by atoms with Crippen LogP contribution in [0, 0.1) is 11.6 Å². The van der Waals surface area contributed by atoms with Gasteiger partial charge >= 0.3 is 0 Å². The first kappa shape index (κ1) is 15.7. The maximum atomic E-state index is 14.0. The Morgan fingerprint density at radius 3 is 2.41 bits per heavy atom. The van der Waals surface area contributed by atoms with Crippen molar-refractivity contribution in [3.8, 4) is 0 Å². The molecule has 3 rings (SSSR count). The highest BCUT2D eigenvalue weighted by Crippen LogP contribution is 2.25. The Kier molecular flexibility index (Phi) is 4.68. The van der Waals surface area contributed by atoms with Gasteiger partial charge in [0.2, 0.25) is 0 Å². The number of likely N-dealkylation sites (tertiary alicyclic amines) is 2. The van der Waals surface area contributed by atoms with Crippen molar-refractivity contribution >= 4 is 18.5 Å². The van der Waals surface area contributed by atoms with Gasteiger partial charge in [-0.05, 0) is 50.9 Å². The summed E-state index contributed by atoms with van der Waals surface area (Å²) >= 11 is 3.93. The minimum atomic E-state index is -0.832. The van der Waals surface area contributed by atoms with Crippen molar-refractivity contribution in [3.63, 3.8) is 0 Å². The van der Waals surface area contributed by atoms with Crippen molar-refractivity contribution in [3.05, 3.63) is 29.3 Å². The van der Waals surface area contributed by atoms with E-state index >= 15 is 0 Å². The van der Waals surface area contributed by atoms with E-state index in [1.807, 2.05) is 0 Å². The highest BCUT2D eigenvalue weighted by Gasteiger charge is 2.33. The zero-order valence-corrected chi connectivity index (χ0v) is 13.3. The molecule has 0 aromatic heterocycles. The molecule has 1 aromatic carbocycles. The summed E-state index contributed by atoms with van der Waals surface area (Å²) < 4.78 is 28.0. The summed E-state index contributed by atoms with van der Waals surface area (Å²) in [6, 6.07) is 2.23. The van der Waals surface area contributed by atoms with E-state index in [4.69, 9.17) is 0 Å². The molecule has 0 N–H and O–H groups in total. The van der Waals surface area contributed by atoms with Crippen LogP contribution in [-0.2, 0) is 0 Å². The minimum Gasteiger partial charge on any atom is -0.334 e. The Balaban J connectivity index is 1.78. The number of carbonyl (C=O) groups is 1. The Morgan fingerprint density at radius 1 is 1.14 bits per heavy atom. The Morgan fingerprint density at radius 2 is 1.77 bits per heavy atom. The molecular weight excluding hydrogens is 306 g/mol. The van der Waals surface area contributed by atoms with E-state index in [-0.39, 0.29) is 10.9 Å². The molecule has 2 aliphatic rings. The zero-order valence-electron chi connectivity index (χ0n) is 12.4. The van der Waals surface area contributed by atoms with Crippen LogP contribution in [0.3, 0.4) is 0 Å². The van der Waals surface area contributed by atoms with Crippen molar-refractivity contribution in [2.45, 2.75) is 36.6 Å². The summed E-state index contributed by atoms with van der Waals surface area (Å²) in [6.07, 6.45) is 4.16. The van der Waals surface area contributed by atoms with Gasteiger partial charge in [0.1, 0.15) is 17.2 Å². The van der Waals surface area contributed by atoms with Gasteiger partial charge in [0.15, 0.2) is 0 Å². The van der Waals surface area contributed by atoms with Crippen molar-refractivity contribution in [1.82, 2.24) is 9.80 Å². The van der Waals surface area contributed by atoms with E-state index in [2.05, 4.69) is 17.5 Å². The largest absolute Gasteiger partial charge is 0.334 e. The Bertz CT molecular complexity index is 552. The summed E-state index contributed by atoms with van der Waals surface area (Å²) in [6.45, 7) is 3.48. The fourth-order valence-electron chi connectivity index (χ4n) is 3.46.